The van der Waals surface area contributed by atoms with Gasteiger partial charge in [0, 0.05) is 16.2 Å². The van der Waals surface area contributed by atoms with Gasteiger partial charge >= 0.3 is 6.03 Å². The Labute approximate surface area is 200 Å². The van der Waals surface area contributed by atoms with Crippen LogP contribution in [-0.4, -0.2) is 22.4 Å². The first-order valence-corrected chi connectivity index (χ1v) is 11.9. The van der Waals surface area contributed by atoms with Crippen LogP contribution in [0.15, 0.2) is 94.0 Å². The molecule has 0 saturated heterocycles. The SMILES string of the molecule is CSc1ccc(C2NC(=O)N(c3cccc(F)c3)C(C)=C2c2nc(-c3ccccc3)no2)cc1. The fraction of sp³-hybridized carbons (Fsp3) is 0.115. The van der Waals surface area contributed by atoms with Gasteiger partial charge in [0.1, 0.15) is 5.82 Å². The number of aromatic nitrogens is 2. The fourth-order valence-electron chi connectivity index (χ4n) is 4.03. The van der Waals surface area contributed by atoms with E-state index in [0.29, 0.717) is 22.8 Å². The minimum atomic E-state index is -0.516. The summed E-state index contributed by atoms with van der Waals surface area (Å²) in [6.07, 6.45) is 2.01. The predicted molar refractivity (Wildman–Crippen MR) is 131 cm³/mol. The maximum atomic E-state index is 14.0. The van der Waals surface area contributed by atoms with Gasteiger partial charge in [-0.15, -0.1) is 11.8 Å². The number of urea groups is 1. The summed E-state index contributed by atoms with van der Waals surface area (Å²) in [7, 11) is 0. The highest BCUT2D eigenvalue weighted by atomic mass is 32.2. The Morgan fingerprint density at radius 3 is 2.50 bits per heavy atom. The van der Waals surface area contributed by atoms with Gasteiger partial charge in [0.15, 0.2) is 0 Å². The van der Waals surface area contributed by atoms with E-state index < -0.39 is 11.9 Å². The molecule has 1 atom stereocenters. The molecule has 3 aromatic carbocycles. The molecule has 0 saturated carbocycles. The first kappa shape index (κ1) is 21.9. The molecule has 1 aromatic heterocycles. The lowest BCUT2D eigenvalue weighted by Crippen LogP contribution is -2.46. The molecule has 6 nitrogen and oxygen atoms in total. The molecule has 0 fully saturated rings. The zero-order chi connectivity index (χ0) is 23.7. The zero-order valence-electron chi connectivity index (χ0n) is 18.5. The number of rotatable bonds is 5. The van der Waals surface area contributed by atoms with E-state index in [1.54, 1.807) is 30.8 Å². The molecule has 1 N–H and O–H groups in total. The third kappa shape index (κ3) is 4.08. The summed E-state index contributed by atoms with van der Waals surface area (Å²) >= 11 is 1.64. The van der Waals surface area contributed by atoms with Gasteiger partial charge in [-0.25, -0.2) is 9.18 Å². The molecule has 0 radical (unpaired) electrons. The smallest absolute Gasteiger partial charge is 0.327 e. The molecule has 2 heterocycles. The Morgan fingerprint density at radius 2 is 1.79 bits per heavy atom. The van der Waals surface area contributed by atoms with Crippen molar-refractivity contribution in [3.05, 3.63) is 102 Å². The highest BCUT2D eigenvalue weighted by Crippen LogP contribution is 2.39. The van der Waals surface area contributed by atoms with Crippen molar-refractivity contribution in [2.75, 3.05) is 11.2 Å². The number of nitrogens with one attached hydrogen (secondary N) is 1. The van der Waals surface area contributed by atoms with Crippen molar-refractivity contribution in [2.45, 2.75) is 17.9 Å². The average molecular weight is 473 g/mol. The Hall–Kier alpha value is -3.91. The quantitative estimate of drug-likeness (QED) is 0.345. The van der Waals surface area contributed by atoms with Gasteiger partial charge in [-0.3, -0.25) is 4.90 Å². The molecular formula is C26H21FN4O2S. The van der Waals surface area contributed by atoms with E-state index in [1.807, 2.05) is 60.9 Å². The van der Waals surface area contributed by atoms with Crippen LogP contribution in [0.4, 0.5) is 14.9 Å². The molecule has 1 aliphatic heterocycles. The van der Waals surface area contributed by atoms with Crippen molar-refractivity contribution < 1.29 is 13.7 Å². The predicted octanol–water partition coefficient (Wildman–Crippen LogP) is 6.30. The molecule has 1 unspecified atom stereocenters. The number of carbonyl (C=O) groups is 1. The lowest BCUT2D eigenvalue weighted by molar-refractivity contribution is 0.244. The molecule has 1 aliphatic rings. The highest BCUT2D eigenvalue weighted by Gasteiger charge is 2.36. The van der Waals surface area contributed by atoms with Crippen molar-refractivity contribution >= 4 is 29.1 Å². The summed E-state index contributed by atoms with van der Waals surface area (Å²) in [6, 6.07) is 22.5. The van der Waals surface area contributed by atoms with Crippen LogP contribution in [0.1, 0.15) is 24.4 Å². The summed E-state index contributed by atoms with van der Waals surface area (Å²) < 4.78 is 19.7. The third-order valence-corrected chi connectivity index (χ3v) is 6.43. The first-order valence-electron chi connectivity index (χ1n) is 10.7. The standard InChI is InChI=1S/C26H21FN4O2S/c1-16-22(25-29-24(30-33-25)18-7-4-3-5-8-18)23(17-11-13-21(34-2)14-12-17)28-26(32)31(16)20-10-6-9-19(27)15-20/h3-15,23H,1-2H3,(H,28,32). The molecule has 0 aliphatic carbocycles. The van der Waals surface area contributed by atoms with Crippen LogP contribution in [-0.2, 0) is 0 Å². The molecule has 8 heteroatoms. The van der Waals surface area contributed by atoms with E-state index in [2.05, 4.69) is 15.5 Å². The second-order valence-corrected chi connectivity index (χ2v) is 8.64. The van der Waals surface area contributed by atoms with E-state index in [-0.39, 0.29) is 11.9 Å². The van der Waals surface area contributed by atoms with Crippen LogP contribution in [0.2, 0.25) is 0 Å². The number of amides is 2. The van der Waals surface area contributed by atoms with Crippen LogP contribution in [0.5, 0.6) is 0 Å². The number of hydrogen-bond donors (Lipinski definition) is 1. The molecule has 2 amide bonds. The van der Waals surface area contributed by atoms with Crippen molar-refractivity contribution in [3.63, 3.8) is 0 Å². The number of benzene rings is 3. The van der Waals surface area contributed by atoms with Crippen molar-refractivity contribution in [3.8, 4) is 11.4 Å². The number of allylic oxidation sites excluding steroid dienone is 1. The Morgan fingerprint density at radius 1 is 1.03 bits per heavy atom. The monoisotopic (exact) mass is 472 g/mol. The molecule has 170 valence electrons. The van der Waals surface area contributed by atoms with E-state index >= 15 is 0 Å². The third-order valence-electron chi connectivity index (χ3n) is 5.69. The molecule has 34 heavy (non-hydrogen) atoms. The van der Waals surface area contributed by atoms with Gasteiger partial charge in [-0.2, -0.15) is 4.98 Å². The maximum Gasteiger partial charge on any atom is 0.327 e. The highest BCUT2D eigenvalue weighted by molar-refractivity contribution is 7.98. The van der Waals surface area contributed by atoms with Crippen LogP contribution >= 0.6 is 11.8 Å². The average Bonchev–Trinajstić information content (AvgIpc) is 3.34. The lowest BCUT2D eigenvalue weighted by Gasteiger charge is -2.35. The number of hydrogen-bond acceptors (Lipinski definition) is 5. The largest absolute Gasteiger partial charge is 0.334 e. The Bertz CT molecular complexity index is 1370. The molecular weight excluding hydrogens is 451 g/mol. The van der Waals surface area contributed by atoms with Gasteiger partial charge in [0.25, 0.3) is 5.89 Å². The van der Waals surface area contributed by atoms with Crippen LogP contribution in [0.3, 0.4) is 0 Å². The molecule has 0 bridgehead atoms. The van der Waals surface area contributed by atoms with Gasteiger partial charge < -0.3 is 9.84 Å². The van der Waals surface area contributed by atoms with E-state index in [9.17, 15) is 9.18 Å². The zero-order valence-corrected chi connectivity index (χ0v) is 19.3. The van der Waals surface area contributed by atoms with E-state index in [0.717, 1.165) is 16.0 Å². The number of nitrogens with zero attached hydrogens (tertiary/aromatic N) is 3. The lowest BCUT2D eigenvalue weighted by atomic mass is 9.94. The van der Waals surface area contributed by atoms with Gasteiger partial charge in [-0.05, 0) is 49.1 Å². The summed E-state index contributed by atoms with van der Waals surface area (Å²) in [5, 5.41) is 7.21. The van der Waals surface area contributed by atoms with Crippen molar-refractivity contribution in [1.29, 1.82) is 0 Å². The molecule has 4 aromatic rings. The van der Waals surface area contributed by atoms with Crippen molar-refractivity contribution in [2.24, 2.45) is 0 Å². The Balaban J connectivity index is 1.65. The van der Waals surface area contributed by atoms with Crippen molar-refractivity contribution in [1.82, 2.24) is 15.5 Å². The topological polar surface area (TPSA) is 71.3 Å². The van der Waals surface area contributed by atoms with Gasteiger partial charge in [0.2, 0.25) is 5.82 Å². The second kappa shape index (κ2) is 9.15. The van der Waals surface area contributed by atoms with Gasteiger partial charge in [-0.1, -0.05) is 53.7 Å². The maximum absolute atomic E-state index is 14.0. The second-order valence-electron chi connectivity index (χ2n) is 7.76. The normalized spacial score (nSPS) is 16.0. The Kier molecular flexibility index (Phi) is 5.90. The minimum Gasteiger partial charge on any atom is -0.334 e. The number of carbonyl (C=O) groups excluding carboxylic acids is 1. The van der Waals surface area contributed by atoms with E-state index in [1.165, 1.54) is 17.0 Å². The summed E-state index contributed by atoms with van der Waals surface area (Å²) in [5.41, 5.74) is 3.33. The molecule has 0 spiro atoms. The number of halogens is 1. The van der Waals surface area contributed by atoms with Crippen LogP contribution in [0.25, 0.3) is 17.0 Å². The number of anilines is 1. The van der Waals surface area contributed by atoms with Crippen LogP contribution < -0.4 is 10.2 Å². The van der Waals surface area contributed by atoms with E-state index in [4.69, 9.17) is 4.52 Å². The molecule has 5 rings (SSSR count). The summed E-state index contributed by atoms with van der Waals surface area (Å²) in [4.78, 5) is 20.4. The van der Waals surface area contributed by atoms with Gasteiger partial charge in [0.05, 0.1) is 17.3 Å². The number of thioether (sulfide) groups is 1. The van der Waals surface area contributed by atoms with Crippen LogP contribution in [0, 0.1) is 5.82 Å². The minimum absolute atomic E-state index is 0.289. The summed E-state index contributed by atoms with van der Waals surface area (Å²) in [6.45, 7) is 1.80. The summed E-state index contributed by atoms with van der Waals surface area (Å²) in [5.74, 6) is 0.303. The fourth-order valence-corrected chi connectivity index (χ4v) is 4.44. The first-order chi connectivity index (χ1) is 16.5.